The molecule has 16 heavy (non-hydrogen) atoms. The largest absolute Gasteiger partial charge is 0.495 e. The Bertz CT molecular complexity index is 315. The predicted molar refractivity (Wildman–Crippen MR) is 69.2 cm³/mol. The third-order valence-corrected chi connectivity index (χ3v) is 2.93. The fourth-order valence-electron chi connectivity index (χ4n) is 1.69. The summed E-state index contributed by atoms with van der Waals surface area (Å²) in [5.74, 6) is 0.744. The van der Waals surface area contributed by atoms with Crippen LogP contribution in [0.4, 0.5) is 0 Å². The Kier molecular flexibility index (Phi) is 6.27. The predicted octanol–water partition coefficient (Wildman–Crippen LogP) is 3.41. The first-order chi connectivity index (χ1) is 7.77. The molecule has 2 nitrogen and oxygen atoms in total. The van der Waals surface area contributed by atoms with Gasteiger partial charge in [0.15, 0.2) is 0 Å². The molecule has 0 bridgehead atoms. The van der Waals surface area contributed by atoms with Gasteiger partial charge in [0.1, 0.15) is 5.75 Å². The van der Waals surface area contributed by atoms with E-state index in [4.69, 9.17) is 22.1 Å². The standard InChI is InChI=1S/C13H20ClNO/c1-16-13-8-7-11(10-12(13)14)6-4-2-3-5-9-15/h7-8,10H,2-6,9,15H2,1H3. The Hall–Kier alpha value is -0.730. The highest BCUT2D eigenvalue weighted by atomic mass is 35.5. The fraction of sp³-hybridized carbons (Fsp3) is 0.538. The number of aryl methyl sites for hydroxylation is 1. The molecule has 0 unspecified atom stereocenters. The Labute approximate surface area is 103 Å². The molecular weight excluding hydrogens is 222 g/mol. The summed E-state index contributed by atoms with van der Waals surface area (Å²) >= 11 is 6.05. The Morgan fingerprint density at radius 3 is 2.56 bits per heavy atom. The zero-order valence-corrected chi connectivity index (χ0v) is 10.6. The molecule has 0 spiro atoms. The first-order valence-corrected chi connectivity index (χ1v) is 6.18. The van der Waals surface area contributed by atoms with Crippen molar-refractivity contribution in [3.63, 3.8) is 0 Å². The molecule has 0 aliphatic heterocycles. The molecule has 0 saturated carbocycles. The van der Waals surface area contributed by atoms with Gasteiger partial charge >= 0.3 is 0 Å². The summed E-state index contributed by atoms with van der Waals surface area (Å²) in [4.78, 5) is 0. The second-order valence-corrected chi connectivity index (χ2v) is 4.33. The number of benzene rings is 1. The molecule has 1 aromatic carbocycles. The van der Waals surface area contributed by atoms with Crippen LogP contribution >= 0.6 is 11.6 Å². The summed E-state index contributed by atoms with van der Waals surface area (Å²) in [6.45, 7) is 0.800. The third kappa shape index (κ3) is 4.42. The van der Waals surface area contributed by atoms with E-state index in [2.05, 4.69) is 6.07 Å². The topological polar surface area (TPSA) is 35.2 Å². The van der Waals surface area contributed by atoms with E-state index in [0.29, 0.717) is 5.02 Å². The van der Waals surface area contributed by atoms with Crippen LogP contribution < -0.4 is 10.5 Å². The van der Waals surface area contributed by atoms with Crippen molar-refractivity contribution in [3.05, 3.63) is 28.8 Å². The van der Waals surface area contributed by atoms with E-state index < -0.39 is 0 Å². The van der Waals surface area contributed by atoms with Crippen molar-refractivity contribution < 1.29 is 4.74 Å². The number of ether oxygens (including phenoxy) is 1. The molecule has 0 radical (unpaired) electrons. The van der Waals surface area contributed by atoms with Crippen LogP contribution in [0.1, 0.15) is 31.2 Å². The molecule has 1 rings (SSSR count). The molecule has 3 heteroatoms. The van der Waals surface area contributed by atoms with Crippen molar-refractivity contribution in [2.45, 2.75) is 32.1 Å². The van der Waals surface area contributed by atoms with E-state index in [1.54, 1.807) is 7.11 Å². The van der Waals surface area contributed by atoms with Gasteiger partial charge in [-0.3, -0.25) is 0 Å². The van der Waals surface area contributed by atoms with Crippen LogP contribution in [0, 0.1) is 0 Å². The van der Waals surface area contributed by atoms with Crippen molar-refractivity contribution in [2.24, 2.45) is 5.73 Å². The van der Waals surface area contributed by atoms with Gasteiger partial charge in [0.05, 0.1) is 12.1 Å². The van der Waals surface area contributed by atoms with Crippen molar-refractivity contribution >= 4 is 11.6 Å². The van der Waals surface area contributed by atoms with Gasteiger partial charge in [-0.15, -0.1) is 0 Å². The number of methoxy groups -OCH3 is 1. The monoisotopic (exact) mass is 241 g/mol. The van der Waals surface area contributed by atoms with E-state index in [1.807, 2.05) is 12.1 Å². The smallest absolute Gasteiger partial charge is 0.137 e. The maximum Gasteiger partial charge on any atom is 0.137 e. The number of hydrogen-bond acceptors (Lipinski definition) is 2. The van der Waals surface area contributed by atoms with Crippen LogP contribution in [0.25, 0.3) is 0 Å². The van der Waals surface area contributed by atoms with Crippen LogP contribution in [0.3, 0.4) is 0 Å². The lowest BCUT2D eigenvalue weighted by molar-refractivity contribution is 0.415. The van der Waals surface area contributed by atoms with Crippen molar-refractivity contribution in [1.29, 1.82) is 0 Å². The molecule has 0 saturated heterocycles. The van der Waals surface area contributed by atoms with Crippen LogP contribution in [-0.4, -0.2) is 13.7 Å². The Morgan fingerprint density at radius 1 is 1.19 bits per heavy atom. The van der Waals surface area contributed by atoms with Crippen molar-refractivity contribution in [3.8, 4) is 5.75 Å². The third-order valence-electron chi connectivity index (χ3n) is 2.64. The second-order valence-electron chi connectivity index (χ2n) is 3.92. The zero-order chi connectivity index (χ0) is 11.8. The van der Waals surface area contributed by atoms with Gasteiger partial charge in [-0.05, 0) is 43.5 Å². The van der Waals surface area contributed by atoms with Gasteiger partial charge in [-0.1, -0.05) is 30.5 Å². The maximum atomic E-state index is 6.05. The molecule has 0 heterocycles. The van der Waals surface area contributed by atoms with E-state index >= 15 is 0 Å². The van der Waals surface area contributed by atoms with E-state index in [0.717, 1.165) is 25.1 Å². The van der Waals surface area contributed by atoms with Crippen LogP contribution in [0.15, 0.2) is 18.2 Å². The number of rotatable bonds is 7. The minimum absolute atomic E-state index is 0.696. The highest BCUT2D eigenvalue weighted by molar-refractivity contribution is 6.32. The van der Waals surface area contributed by atoms with E-state index in [1.165, 1.54) is 24.8 Å². The number of nitrogens with two attached hydrogens (primary N) is 1. The molecule has 2 N–H and O–H groups in total. The SMILES string of the molecule is COc1ccc(CCCCCCN)cc1Cl. The van der Waals surface area contributed by atoms with Crippen LogP contribution in [0.2, 0.25) is 5.02 Å². The average molecular weight is 242 g/mol. The van der Waals surface area contributed by atoms with Gasteiger partial charge in [-0.25, -0.2) is 0 Å². The summed E-state index contributed by atoms with van der Waals surface area (Å²) in [5.41, 5.74) is 6.72. The Balaban J connectivity index is 2.34. The number of halogens is 1. The summed E-state index contributed by atoms with van der Waals surface area (Å²) in [7, 11) is 1.63. The van der Waals surface area contributed by atoms with E-state index in [-0.39, 0.29) is 0 Å². The van der Waals surface area contributed by atoms with Gasteiger partial charge in [0.2, 0.25) is 0 Å². The average Bonchev–Trinajstić information content (AvgIpc) is 2.29. The van der Waals surface area contributed by atoms with Crippen LogP contribution in [-0.2, 0) is 6.42 Å². The molecular formula is C13H20ClNO. The molecule has 0 aliphatic rings. The summed E-state index contributed by atoms with van der Waals surface area (Å²) in [6, 6.07) is 5.99. The molecule has 0 aromatic heterocycles. The molecule has 0 aliphatic carbocycles. The number of hydrogen-bond donors (Lipinski definition) is 1. The maximum absolute atomic E-state index is 6.05. The lowest BCUT2D eigenvalue weighted by atomic mass is 10.1. The second kappa shape index (κ2) is 7.53. The summed E-state index contributed by atoms with van der Waals surface area (Å²) < 4.78 is 5.11. The van der Waals surface area contributed by atoms with Crippen molar-refractivity contribution in [2.75, 3.05) is 13.7 Å². The lowest BCUT2D eigenvalue weighted by Gasteiger charge is -2.06. The normalized spacial score (nSPS) is 10.4. The number of unbranched alkanes of at least 4 members (excludes halogenated alkanes) is 3. The minimum Gasteiger partial charge on any atom is -0.495 e. The summed E-state index contributed by atoms with van der Waals surface area (Å²) in [5, 5.41) is 0.696. The fourth-order valence-corrected chi connectivity index (χ4v) is 1.97. The minimum atomic E-state index is 0.696. The van der Waals surface area contributed by atoms with Gasteiger partial charge in [-0.2, -0.15) is 0 Å². The van der Waals surface area contributed by atoms with Gasteiger partial charge < -0.3 is 10.5 Å². The lowest BCUT2D eigenvalue weighted by Crippen LogP contribution is -1.97. The zero-order valence-electron chi connectivity index (χ0n) is 9.84. The first kappa shape index (κ1) is 13.3. The quantitative estimate of drug-likeness (QED) is 0.743. The highest BCUT2D eigenvalue weighted by Gasteiger charge is 2.01. The Morgan fingerprint density at radius 2 is 1.94 bits per heavy atom. The molecule has 90 valence electrons. The molecule has 1 aromatic rings. The molecule has 0 fully saturated rings. The first-order valence-electron chi connectivity index (χ1n) is 5.80. The van der Waals surface area contributed by atoms with Crippen LogP contribution in [0.5, 0.6) is 5.75 Å². The van der Waals surface area contributed by atoms with Gasteiger partial charge in [0.25, 0.3) is 0 Å². The summed E-state index contributed by atoms with van der Waals surface area (Å²) in [6.07, 6.45) is 5.86. The van der Waals surface area contributed by atoms with Crippen molar-refractivity contribution in [1.82, 2.24) is 0 Å². The van der Waals surface area contributed by atoms with Gasteiger partial charge in [0, 0.05) is 0 Å². The molecule has 0 amide bonds. The van der Waals surface area contributed by atoms with E-state index in [9.17, 15) is 0 Å². The highest BCUT2D eigenvalue weighted by Crippen LogP contribution is 2.25. The molecule has 0 atom stereocenters.